The normalized spacial score (nSPS) is 12.0. The largest absolute Gasteiger partial charge is 0.497 e. The molecule has 22 heavy (non-hydrogen) atoms. The first kappa shape index (κ1) is 16.3. The Labute approximate surface area is 133 Å². The number of aryl methyl sites for hydroxylation is 1. The summed E-state index contributed by atoms with van der Waals surface area (Å²) in [4.78, 5) is 0. The molecule has 0 fully saturated rings. The first-order valence-electron chi connectivity index (χ1n) is 7.75. The fourth-order valence-electron chi connectivity index (χ4n) is 2.78. The average molecular weight is 295 g/mol. The number of rotatable bonds is 7. The highest BCUT2D eigenvalue weighted by Gasteiger charge is 2.15. The zero-order valence-electron chi connectivity index (χ0n) is 13.5. The van der Waals surface area contributed by atoms with Crippen LogP contribution in [0.25, 0.3) is 5.76 Å². The number of nitrogens with two attached hydrogens (primary N) is 1. The minimum atomic E-state index is 0.355. The van der Waals surface area contributed by atoms with Crippen molar-refractivity contribution in [2.45, 2.75) is 25.7 Å². The molecule has 2 rings (SSSR count). The summed E-state index contributed by atoms with van der Waals surface area (Å²) < 4.78 is 5.26. The second-order valence-electron chi connectivity index (χ2n) is 5.65. The molecule has 2 aromatic carbocycles. The smallest absolute Gasteiger partial charge is 0.118 e. The molecule has 0 spiro atoms. The van der Waals surface area contributed by atoms with Crippen LogP contribution in [0.1, 0.15) is 41.0 Å². The second-order valence-corrected chi connectivity index (χ2v) is 5.65. The lowest BCUT2D eigenvalue weighted by molar-refractivity contribution is 0.371. The van der Waals surface area contributed by atoms with Crippen molar-refractivity contribution in [3.63, 3.8) is 0 Å². The van der Waals surface area contributed by atoms with Crippen LogP contribution in [-0.2, 0) is 4.74 Å². The summed E-state index contributed by atoms with van der Waals surface area (Å²) in [6, 6.07) is 17.2. The number of methoxy groups -OCH3 is 1. The van der Waals surface area contributed by atoms with Crippen molar-refractivity contribution in [3.05, 3.63) is 77.4 Å². The Morgan fingerprint density at radius 2 is 1.82 bits per heavy atom. The van der Waals surface area contributed by atoms with Crippen LogP contribution in [0, 0.1) is 6.92 Å². The van der Waals surface area contributed by atoms with Gasteiger partial charge in [-0.2, -0.15) is 0 Å². The van der Waals surface area contributed by atoms with Gasteiger partial charge in [-0.1, -0.05) is 54.6 Å². The van der Waals surface area contributed by atoms with Gasteiger partial charge in [-0.25, -0.2) is 0 Å². The highest BCUT2D eigenvalue weighted by molar-refractivity contribution is 5.58. The molecule has 2 N–H and O–H groups in total. The van der Waals surface area contributed by atoms with Gasteiger partial charge < -0.3 is 10.5 Å². The summed E-state index contributed by atoms with van der Waals surface area (Å²) in [5, 5.41) is 0. The summed E-state index contributed by atoms with van der Waals surface area (Å²) in [6.07, 6.45) is 2.05. The van der Waals surface area contributed by atoms with Crippen LogP contribution in [0.4, 0.5) is 0 Å². The van der Waals surface area contributed by atoms with Gasteiger partial charge in [0.15, 0.2) is 0 Å². The first-order valence-corrected chi connectivity index (χ1v) is 7.75. The lowest BCUT2D eigenvalue weighted by Gasteiger charge is -2.19. The Hall–Kier alpha value is -2.06. The lowest BCUT2D eigenvalue weighted by atomic mass is 9.86. The quantitative estimate of drug-likeness (QED) is 0.764. The zero-order valence-corrected chi connectivity index (χ0v) is 13.5. The van der Waals surface area contributed by atoms with Gasteiger partial charge in [0.1, 0.15) is 5.76 Å². The summed E-state index contributed by atoms with van der Waals surface area (Å²) in [5.41, 5.74) is 10.7. The number of ether oxygens (including phenoxy) is 1. The predicted molar refractivity (Wildman–Crippen MR) is 93.8 cm³/mol. The van der Waals surface area contributed by atoms with Gasteiger partial charge in [0.25, 0.3) is 0 Å². The molecule has 116 valence electrons. The van der Waals surface area contributed by atoms with Gasteiger partial charge >= 0.3 is 0 Å². The van der Waals surface area contributed by atoms with Crippen LogP contribution in [-0.4, -0.2) is 13.7 Å². The second kappa shape index (κ2) is 7.81. The number of hydrogen-bond acceptors (Lipinski definition) is 2. The van der Waals surface area contributed by atoms with E-state index in [0.29, 0.717) is 18.2 Å². The monoisotopic (exact) mass is 295 g/mol. The molecule has 0 saturated heterocycles. The highest BCUT2D eigenvalue weighted by atomic mass is 16.5. The van der Waals surface area contributed by atoms with Gasteiger partial charge in [-0.3, -0.25) is 0 Å². The van der Waals surface area contributed by atoms with E-state index in [1.807, 2.05) is 6.07 Å². The molecule has 0 aliphatic heterocycles. The standard InChI is InChI=1S/C20H25NO/c1-15-7-4-9-18(13-15)20(11-6-12-21)19-10-5-8-17(14-19)16(2)22-3/h4-5,7-10,13-14,20H,2,6,11-12,21H2,1,3H3. The van der Waals surface area contributed by atoms with Crippen LogP contribution in [0.3, 0.4) is 0 Å². The van der Waals surface area contributed by atoms with Crippen LogP contribution in [0.2, 0.25) is 0 Å². The molecule has 0 bridgehead atoms. The van der Waals surface area contributed by atoms with Crippen molar-refractivity contribution in [2.24, 2.45) is 5.73 Å². The Bertz CT molecular complexity index is 633. The molecule has 0 amide bonds. The van der Waals surface area contributed by atoms with Gasteiger partial charge in [-0.05, 0) is 43.5 Å². The molecule has 0 aliphatic rings. The fraction of sp³-hybridized carbons (Fsp3) is 0.300. The number of hydrogen-bond donors (Lipinski definition) is 1. The molecular formula is C20H25NO. The van der Waals surface area contributed by atoms with Gasteiger partial charge in [0.2, 0.25) is 0 Å². The van der Waals surface area contributed by atoms with Crippen LogP contribution in [0.15, 0.2) is 55.1 Å². The summed E-state index contributed by atoms with van der Waals surface area (Å²) in [7, 11) is 1.65. The third-order valence-corrected chi connectivity index (χ3v) is 4.00. The molecule has 2 aromatic rings. The van der Waals surface area contributed by atoms with Crippen molar-refractivity contribution in [1.29, 1.82) is 0 Å². The molecule has 1 atom stereocenters. The number of benzene rings is 2. The summed E-state index contributed by atoms with van der Waals surface area (Å²) in [6.45, 7) is 6.80. The Balaban J connectivity index is 2.39. The lowest BCUT2D eigenvalue weighted by Crippen LogP contribution is -2.06. The maximum atomic E-state index is 5.73. The average Bonchev–Trinajstić information content (AvgIpc) is 2.55. The third-order valence-electron chi connectivity index (χ3n) is 4.00. The van der Waals surface area contributed by atoms with Crippen molar-refractivity contribution in [3.8, 4) is 0 Å². The van der Waals surface area contributed by atoms with E-state index < -0.39 is 0 Å². The van der Waals surface area contributed by atoms with Crippen molar-refractivity contribution in [2.75, 3.05) is 13.7 Å². The molecule has 1 unspecified atom stereocenters. The molecule has 0 aliphatic carbocycles. The SMILES string of the molecule is C=C(OC)c1cccc(C(CCCN)c2cccc(C)c2)c1. The predicted octanol–water partition coefficient (Wildman–Crippen LogP) is 4.48. The minimum absolute atomic E-state index is 0.355. The van der Waals surface area contributed by atoms with E-state index in [9.17, 15) is 0 Å². The van der Waals surface area contributed by atoms with E-state index in [4.69, 9.17) is 10.5 Å². The Morgan fingerprint density at radius 3 is 2.45 bits per heavy atom. The van der Waals surface area contributed by atoms with E-state index in [2.05, 4.69) is 56.0 Å². The summed E-state index contributed by atoms with van der Waals surface area (Å²) in [5.74, 6) is 1.05. The Kier molecular flexibility index (Phi) is 5.79. The molecule has 0 radical (unpaired) electrons. The third kappa shape index (κ3) is 3.99. The molecule has 0 saturated carbocycles. The fourth-order valence-corrected chi connectivity index (χ4v) is 2.78. The maximum absolute atomic E-state index is 5.73. The van der Waals surface area contributed by atoms with Crippen molar-refractivity contribution >= 4 is 5.76 Å². The van der Waals surface area contributed by atoms with E-state index >= 15 is 0 Å². The van der Waals surface area contributed by atoms with E-state index in [-0.39, 0.29) is 0 Å². The van der Waals surface area contributed by atoms with Gasteiger partial charge in [-0.15, -0.1) is 0 Å². The minimum Gasteiger partial charge on any atom is -0.497 e. The zero-order chi connectivity index (χ0) is 15.9. The van der Waals surface area contributed by atoms with E-state index in [1.54, 1.807) is 7.11 Å². The van der Waals surface area contributed by atoms with Crippen molar-refractivity contribution < 1.29 is 4.74 Å². The summed E-state index contributed by atoms with van der Waals surface area (Å²) >= 11 is 0. The van der Waals surface area contributed by atoms with Crippen LogP contribution < -0.4 is 5.73 Å². The highest BCUT2D eigenvalue weighted by Crippen LogP contribution is 2.31. The van der Waals surface area contributed by atoms with Gasteiger partial charge in [0.05, 0.1) is 7.11 Å². The Morgan fingerprint density at radius 1 is 1.14 bits per heavy atom. The molecule has 2 heteroatoms. The van der Waals surface area contributed by atoms with Crippen molar-refractivity contribution in [1.82, 2.24) is 0 Å². The van der Waals surface area contributed by atoms with E-state index in [0.717, 1.165) is 18.4 Å². The van der Waals surface area contributed by atoms with E-state index in [1.165, 1.54) is 16.7 Å². The first-order chi connectivity index (χ1) is 10.7. The van der Waals surface area contributed by atoms with Crippen LogP contribution in [0.5, 0.6) is 0 Å². The maximum Gasteiger partial charge on any atom is 0.118 e. The molecule has 0 heterocycles. The van der Waals surface area contributed by atoms with Crippen LogP contribution >= 0.6 is 0 Å². The van der Waals surface area contributed by atoms with Gasteiger partial charge in [0, 0.05) is 11.5 Å². The molecule has 2 nitrogen and oxygen atoms in total. The molecule has 0 aromatic heterocycles. The topological polar surface area (TPSA) is 35.2 Å². The molecular weight excluding hydrogens is 270 g/mol.